The topological polar surface area (TPSA) is 126 Å². The Bertz CT molecular complexity index is 3.61. The van der Waals surface area contributed by atoms with Gasteiger partial charge in [-0.05, 0) is 0 Å². The van der Waals surface area contributed by atoms with Gasteiger partial charge in [0.2, 0.25) is 0 Å². The Labute approximate surface area is 44.3 Å². The zero-order valence-corrected chi connectivity index (χ0v) is 4.06. The van der Waals surface area contributed by atoms with E-state index in [1.807, 2.05) is 0 Å². The summed E-state index contributed by atoms with van der Waals surface area (Å²) in [5.41, 5.74) is 0. The Balaban J connectivity index is 0. The number of hydrogen-bond acceptors (Lipinski definition) is 0. The molecule has 34 valence electrons. The third kappa shape index (κ3) is 96.7. The molecule has 0 atom stereocenters. The molecule has 0 radical (unpaired) electrons. The molecule has 5 heavy (non-hydrogen) atoms. The van der Waals surface area contributed by atoms with Gasteiger partial charge < -0.3 is 21.9 Å². The van der Waals surface area contributed by atoms with Crippen LogP contribution in [-0.2, 0) is 21.7 Å². The van der Waals surface area contributed by atoms with Crippen LogP contribution in [0.4, 0.5) is 0 Å². The first-order valence-corrected chi connectivity index (χ1v) is 0. The van der Waals surface area contributed by atoms with Gasteiger partial charge in [0.15, 0.2) is 0 Å². The summed E-state index contributed by atoms with van der Waals surface area (Å²) in [5.74, 6) is 0. The maximum absolute atomic E-state index is 0. The fourth-order valence-corrected chi connectivity index (χ4v) is 0. The summed E-state index contributed by atoms with van der Waals surface area (Å²) in [6.07, 6.45) is 0. The average molecular weight is 120 g/mol. The minimum Gasteiger partial charge on any atom is -0.412 e. The molecule has 4 nitrogen and oxygen atoms in total. The predicted octanol–water partition coefficient (Wildman–Crippen LogP) is -3.30. The van der Waals surface area contributed by atoms with Crippen molar-refractivity contribution in [2.24, 2.45) is 0 Å². The first-order chi connectivity index (χ1) is 0. The van der Waals surface area contributed by atoms with Crippen molar-refractivity contribution in [2.75, 3.05) is 0 Å². The molecule has 0 spiro atoms. The molecule has 0 aliphatic carbocycles. The van der Waals surface area contributed by atoms with E-state index in [0.29, 0.717) is 0 Å². The second-order valence-electron chi connectivity index (χ2n) is 0. The maximum Gasteiger partial charge on any atom is 2.00 e. The van der Waals surface area contributed by atoms with Gasteiger partial charge in [-0.1, -0.05) is 0 Å². The van der Waals surface area contributed by atoms with Crippen molar-refractivity contribution in [1.29, 1.82) is 0 Å². The zero-order valence-electron chi connectivity index (χ0n) is 2.50. The summed E-state index contributed by atoms with van der Waals surface area (Å²) in [6, 6.07) is 0. The standard InChI is InChI=1S/4H2O.Ti/h4*1H2;/q;;;;+2. The Morgan fingerprint density at radius 3 is 0.400 bits per heavy atom. The molecule has 0 aromatic carbocycles. The van der Waals surface area contributed by atoms with Crippen molar-refractivity contribution in [1.82, 2.24) is 0 Å². The molecule has 0 rings (SSSR count). The van der Waals surface area contributed by atoms with E-state index in [2.05, 4.69) is 0 Å². The molecule has 0 fully saturated rings. The van der Waals surface area contributed by atoms with Crippen LogP contribution in [0.1, 0.15) is 0 Å². The normalized spacial score (nSPS) is 0. The van der Waals surface area contributed by atoms with Crippen LogP contribution in [0.3, 0.4) is 0 Å². The molecule has 5 heteroatoms. The van der Waals surface area contributed by atoms with Crippen molar-refractivity contribution in [3.8, 4) is 0 Å². The summed E-state index contributed by atoms with van der Waals surface area (Å²) in [4.78, 5) is 0. The molecular weight excluding hydrogens is 112 g/mol. The van der Waals surface area contributed by atoms with Gasteiger partial charge in [-0.2, -0.15) is 0 Å². The SMILES string of the molecule is O.O.O.O.[Ti+2]. The third-order valence-electron chi connectivity index (χ3n) is 0. The van der Waals surface area contributed by atoms with Crippen molar-refractivity contribution in [3.63, 3.8) is 0 Å². The summed E-state index contributed by atoms with van der Waals surface area (Å²) < 4.78 is 0. The van der Waals surface area contributed by atoms with Gasteiger partial charge >= 0.3 is 21.7 Å². The van der Waals surface area contributed by atoms with Gasteiger partial charge in [-0.15, -0.1) is 0 Å². The van der Waals surface area contributed by atoms with E-state index < -0.39 is 0 Å². The minimum atomic E-state index is 0. The largest absolute Gasteiger partial charge is 2.00 e. The monoisotopic (exact) mass is 120 g/mol. The molecule has 0 aromatic heterocycles. The summed E-state index contributed by atoms with van der Waals surface area (Å²) in [7, 11) is 0. The van der Waals surface area contributed by atoms with Crippen LogP contribution in [-0.4, -0.2) is 21.9 Å². The van der Waals surface area contributed by atoms with Gasteiger partial charge in [0.05, 0.1) is 0 Å². The van der Waals surface area contributed by atoms with E-state index in [1.165, 1.54) is 0 Å². The van der Waals surface area contributed by atoms with E-state index in [9.17, 15) is 0 Å². The second-order valence-corrected chi connectivity index (χ2v) is 0. The van der Waals surface area contributed by atoms with E-state index >= 15 is 0 Å². The molecule has 0 saturated carbocycles. The molecule has 0 aliphatic rings. The van der Waals surface area contributed by atoms with Crippen LogP contribution in [0.5, 0.6) is 0 Å². The molecule has 0 aromatic rings. The molecule has 0 saturated heterocycles. The van der Waals surface area contributed by atoms with Crippen LogP contribution in [0.15, 0.2) is 0 Å². The van der Waals surface area contributed by atoms with Crippen molar-refractivity contribution in [2.45, 2.75) is 0 Å². The Morgan fingerprint density at radius 1 is 0.400 bits per heavy atom. The van der Waals surface area contributed by atoms with Gasteiger partial charge in [-0.25, -0.2) is 0 Å². The average Bonchev–Trinajstić information content (AvgIpc) is 0. The first-order valence-electron chi connectivity index (χ1n) is 0. The van der Waals surface area contributed by atoms with Crippen LogP contribution in [0.2, 0.25) is 0 Å². The minimum absolute atomic E-state index is 0. The zero-order chi connectivity index (χ0) is 0. The van der Waals surface area contributed by atoms with Gasteiger partial charge in [0, 0.05) is 0 Å². The Morgan fingerprint density at radius 2 is 0.400 bits per heavy atom. The Hall–Kier alpha value is 0.554. The van der Waals surface area contributed by atoms with Gasteiger partial charge in [-0.3, -0.25) is 0 Å². The smallest absolute Gasteiger partial charge is 0.412 e. The molecule has 0 aliphatic heterocycles. The molecule has 0 amide bonds. The number of hydrogen-bond donors (Lipinski definition) is 0. The van der Waals surface area contributed by atoms with Crippen LogP contribution in [0.25, 0.3) is 0 Å². The number of rotatable bonds is 0. The van der Waals surface area contributed by atoms with Gasteiger partial charge in [0.25, 0.3) is 0 Å². The fourth-order valence-electron chi connectivity index (χ4n) is 0. The molecular formula is H8O4Ti+2. The predicted molar refractivity (Wildman–Crippen MR) is 14.5 cm³/mol. The van der Waals surface area contributed by atoms with E-state index in [0.717, 1.165) is 0 Å². The van der Waals surface area contributed by atoms with E-state index in [-0.39, 0.29) is 43.6 Å². The summed E-state index contributed by atoms with van der Waals surface area (Å²) in [5, 5.41) is 0. The quantitative estimate of drug-likeness (QED) is 0.297. The van der Waals surface area contributed by atoms with Crippen LogP contribution < -0.4 is 0 Å². The van der Waals surface area contributed by atoms with E-state index in [4.69, 9.17) is 0 Å². The molecule has 0 bridgehead atoms. The molecule has 0 unspecified atom stereocenters. The maximum atomic E-state index is 0. The Kier molecular flexibility index (Phi) is 14000. The van der Waals surface area contributed by atoms with Gasteiger partial charge in [0.1, 0.15) is 0 Å². The second kappa shape index (κ2) is 187. The third-order valence-corrected chi connectivity index (χ3v) is 0. The first kappa shape index (κ1) is 375. The molecule has 8 N–H and O–H groups in total. The fraction of sp³-hybridized carbons (Fsp3) is 0. The molecule has 0 heterocycles. The summed E-state index contributed by atoms with van der Waals surface area (Å²) >= 11 is 0. The van der Waals surface area contributed by atoms with Crippen LogP contribution >= 0.6 is 0 Å². The van der Waals surface area contributed by atoms with E-state index in [1.54, 1.807) is 0 Å². The van der Waals surface area contributed by atoms with Crippen molar-refractivity contribution in [3.05, 3.63) is 0 Å². The summed E-state index contributed by atoms with van der Waals surface area (Å²) in [6.45, 7) is 0. The van der Waals surface area contributed by atoms with Crippen molar-refractivity contribution < 1.29 is 43.6 Å². The van der Waals surface area contributed by atoms with Crippen LogP contribution in [0, 0.1) is 0 Å². The van der Waals surface area contributed by atoms with Crippen molar-refractivity contribution >= 4 is 0 Å².